The van der Waals surface area contributed by atoms with Crippen molar-refractivity contribution in [3.05, 3.63) is 29.8 Å². The molecule has 0 heterocycles. The van der Waals surface area contributed by atoms with E-state index in [1.165, 1.54) is 38.5 Å². The number of hydrogen-bond donors (Lipinski definition) is 0. The van der Waals surface area contributed by atoms with E-state index in [-0.39, 0.29) is 0 Å². The third kappa shape index (κ3) is 6.65. The first-order valence-electron chi connectivity index (χ1n) is 8.05. The maximum atomic E-state index is 5.20. The Morgan fingerprint density at radius 1 is 1.00 bits per heavy atom. The Morgan fingerprint density at radius 2 is 1.62 bits per heavy atom. The fourth-order valence-corrected chi connectivity index (χ4v) is 2.31. The second kappa shape index (κ2) is 10.3. The summed E-state index contributed by atoms with van der Waals surface area (Å²) in [6, 6.07) is 8.11. The van der Waals surface area contributed by atoms with Crippen molar-refractivity contribution in [3.8, 4) is 5.75 Å². The van der Waals surface area contributed by atoms with E-state index in [1.54, 1.807) is 7.11 Å². The SMILES string of the molecule is CCCCCCCCN=C(c1ccc(OC)cc1)N(C)C. The van der Waals surface area contributed by atoms with Crippen molar-refractivity contribution in [2.24, 2.45) is 4.99 Å². The normalized spacial score (nSPS) is 11.5. The average molecular weight is 290 g/mol. The molecule has 0 radical (unpaired) electrons. The number of unbranched alkanes of at least 4 members (excludes halogenated alkanes) is 5. The lowest BCUT2D eigenvalue weighted by atomic mass is 10.1. The number of hydrogen-bond acceptors (Lipinski definition) is 2. The number of benzene rings is 1. The number of aliphatic imine (C=N–C) groups is 1. The summed E-state index contributed by atoms with van der Waals surface area (Å²) in [5.74, 6) is 1.93. The van der Waals surface area contributed by atoms with E-state index < -0.39 is 0 Å². The van der Waals surface area contributed by atoms with Crippen LogP contribution in [0.2, 0.25) is 0 Å². The lowest BCUT2D eigenvalue weighted by Gasteiger charge is -2.16. The summed E-state index contributed by atoms with van der Waals surface area (Å²) in [6.45, 7) is 3.16. The summed E-state index contributed by atoms with van der Waals surface area (Å²) in [4.78, 5) is 6.85. The highest BCUT2D eigenvalue weighted by Crippen LogP contribution is 2.13. The topological polar surface area (TPSA) is 24.8 Å². The van der Waals surface area contributed by atoms with Crippen molar-refractivity contribution in [1.82, 2.24) is 4.90 Å². The molecule has 21 heavy (non-hydrogen) atoms. The zero-order valence-electron chi connectivity index (χ0n) is 14.1. The molecule has 118 valence electrons. The van der Waals surface area contributed by atoms with Gasteiger partial charge >= 0.3 is 0 Å². The molecule has 0 unspecified atom stereocenters. The summed E-state index contributed by atoms with van der Waals surface area (Å²) >= 11 is 0. The molecule has 0 saturated carbocycles. The first-order chi connectivity index (χ1) is 10.2. The van der Waals surface area contributed by atoms with Gasteiger partial charge in [0.1, 0.15) is 11.6 Å². The predicted octanol–water partition coefficient (Wildman–Crippen LogP) is 4.36. The van der Waals surface area contributed by atoms with Crippen LogP contribution in [0, 0.1) is 0 Å². The van der Waals surface area contributed by atoms with Crippen LogP contribution in [-0.4, -0.2) is 38.5 Å². The van der Waals surface area contributed by atoms with Gasteiger partial charge in [-0.15, -0.1) is 0 Å². The molecular weight excluding hydrogens is 260 g/mol. The fraction of sp³-hybridized carbons (Fsp3) is 0.611. The molecule has 1 aromatic rings. The molecule has 1 rings (SSSR count). The van der Waals surface area contributed by atoms with Gasteiger partial charge in [0, 0.05) is 26.2 Å². The van der Waals surface area contributed by atoms with E-state index >= 15 is 0 Å². The summed E-state index contributed by atoms with van der Waals surface area (Å²) in [7, 11) is 5.78. The quantitative estimate of drug-likeness (QED) is 0.383. The Bertz CT molecular complexity index is 410. The molecule has 1 aromatic carbocycles. The molecule has 3 nitrogen and oxygen atoms in total. The first-order valence-corrected chi connectivity index (χ1v) is 8.05. The summed E-state index contributed by atoms with van der Waals surface area (Å²) in [5.41, 5.74) is 1.15. The van der Waals surface area contributed by atoms with Gasteiger partial charge in [-0.2, -0.15) is 0 Å². The molecule has 0 aliphatic carbocycles. The average Bonchev–Trinajstić information content (AvgIpc) is 2.50. The second-order valence-corrected chi connectivity index (χ2v) is 5.60. The van der Waals surface area contributed by atoms with E-state index in [0.717, 1.165) is 23.7 Å². The maximum absolute atomic E-state index is 5.20. The third-order valence-corrected chi connectivity index (χ3v) is 3.55. The van der Waals surface area contributed by atoms with Crippen LogP contribution >= 0.6 is 0 Å². The number of rotatable bonds is 9. The molecule has 0 aliphatic heterocycles. The maximum Gasteiger partial charge on any atom is 0.130 e. The molecule has 0 saturated heterocycles. The van der Waals surface area contributed by atoms with Gasteiger partial charge in [-0.3, -0.25) is 4.99 Å². The molecule has 0 bridgehead atoms. The van der Waals surface area contributed by atoms with Crippen LogP contribution in [0.4, 0.5) is 0 Å². The van der Waals surface area contributed by atoms with E-state index in [0.29, 0.717) is 0 Å². The van der Waals surface area contributed by atoms with Crippen LogP contribution in [-0.2, 0) is 0 Å². The van der Waals surface area contributed by atoms with Crippen molar-refractivity contribution < 1.29 is 4.74 Å². The third-order valence-electron chi connectivity index (χ3n) is 3.55. The van der Waals surface area contributed by atoms with Crippen LogP contribution in [0.5, 0.6) is 5.75 Å². The largest absolute Gasteiger partial charge is 0.497 e. The fourth-order valence-electron chi connectivity index (χ4n) is 2.31. The van der Waals surface area contributed by atoms with Crippen LogP contribution in [0.3, 0.4) is 0 Å². The molecule has 0 aromatic heterocycles. The van der Waals surface area contributed by atoms with E-state index in [1.807, 2.05) is 26.2 Å². The van der Waals surface area contributed by atoms with Crippen LogP contribution < -0.4 is 4.74 Å². The summed E-state index contributed by atoms with van der Waals surface area (Å²) in [5, 5.41) is 0. The lowest BCUT2D eigenvalue weighted by Crippen LogP contribution is -2.23. The molecule has 0 fully saturated rings. The van der Waals surface area contributed by atoms with Crippen LogP contribution in [0.15, 0.2) is 29.3 Å². The minimum Gasteiger partial charge on any atom is -0.497 e. The Balaban J connectivity index is 2.50. The predicted molar refractivity (Wildman–Crippen MR) is 91.5 cm³/mol. The summed E-state index contributed by atoms with van der Waals surface area (Å²) in [6.07, 6.45) is 7.82. The minimum absolute atomic E-state index is 0.882. The van der Waals surface area contributed by atoms with Gasteiger partial charge in [-0.25, -0.2) is 0 Å². The standard InChI is InChI=1S/C18H30N2O/c1-5-6-7-8-9-10-15-19-18(20(2)3)16-11-13-17(21-4)14-12-16/h11-14H,5-10,15H2,1-4H3. The molecule has 0 amide bonds. The Kier molecular flexibility index (Phi) is 8.56. The van der Waals surface area contributed by atoms with Gasteiger partial charge in [0.15, 0.2) is 0 Å². The van der Waals surface area contributed by atoms with Gasteiger partial charge < -0.3 is 9.64 Å². The van der Waals surface area contributed by atoms with Gasteiger partial charge in [0.2, 0.25) is 0 Å². The Hall–Kier alpha value is -1.51. The zero-order valence-corrected chi connectivity index (χ0v) is 14.1. The zero-order chi connectivity index (χ0) is 15.5. The highest BCUT2D eigenvalue weighted by molar-refractivity contribution is 5.98. The van der Waals surface area contributed by atoms with Crippen molar-refractivity contribution in [3.63, 3.8) is 0 Å². The molecule has 0 atom stereocenters. The number of methoxy groups -OCH3 is 1. The van der Waals surface area contributed by atoms with Crippen molar-refractivity contribution >= 4 is 5.84 Å². The second-order valence-electron chi connectivity index (χ2n) is 5.60. The monoisotopic (exact) mass is 290 g/mol. The van der Waals surface area contributed by atoms with Crippen molar-refractivity contribution in [2.75, 3.05) is 27.7 Å². The van der Waals surface area contributed by atoms with Gasteiger partial charge in [0.25, 0.3) is 0 Å². The molecule has 3 heteroatoms. The number of nitrogens with zero attached hydrogens (tertiary/aromatic N) is 2. The van der Waals surface area contributed by atoms with Gasteiger partial charge in [-0.05, 0) is 30.7 Å². The number of amidine groups is 1. The Labute approximate surface area is 130 Å². The first kappa shape index (κ1) is 17.5. The van der Waals surface area contributed by atoms with Gasteiger partial charge in [-0.1, -0.05) is 39.0 Å². The smallest absolute Gasteiger partial charge is 0.130 e. The van der Waals surface area contributed by atoms with Gasteiger partial charge in [0.05, 0.1) is 7.11 Å². The van der Waals surface area contributed by atoms with E-state index in [2.05, 4.69) is 24.0 Å². The molecule has 0 aliphatic rings. The van der Waals surface area contributed by atoms with E-state index in [9.17, 15) is 0 Å². The molecule has 0 spiro atoms. The number of ether oxygens (including phenoxy) is 1. The highest BCUT2D eigenvalue weighted by Gasteiger charge is 2.05. The van der Waals surface area contributed by atoms with Crippen LogP contribution in [0.1, 0.15) is 51.0 Å². The lowest BCUT2D eigenvalue weighted by molar-refractivity contribution is 0.414. The van der Waals surface area contributed by atoms with Crippen LogP contribution in [0.25, 0.3) is 0 Å². The molecule has 0 N–H and O–H groups in total. The Morgan fingerprint density at radius 3 is 2.19 bits per heavy atom. The van der Waals surface area contributed by atoms with Crippen molar-refractivity contribution in [2.45, 2.75) is 45.4 Å². The summed E-state index contributed by atoms with van der Waals surface area (Å²) < 4.78 is 5.20. The molecular formula is C18H30N2O. The highest BCUT2D eigenvalue weighted by atomic mass is 16.5. The minimum atomic E-state index is 0.882. The van der Waals surface area contributed by atoms with E-state index in [4.69, 9.17) is 9.73 Å². The van der Waals surface area contributed by atoms with Crippen molar-refractivity contribution in [1.29, 1.82) is 0 Å².